The average molecular weight is 427 g/mol. The van der Waals surface area contributed by atoms with Gasteiger partial charge in [-0.1, -0.05) is 54.1 Å². The number of amides is 1. The van der Waals surface area contributed by atoms with Crippen molar-refractivity contribution in [2.75, 3.05) is 0 Å². The molecule has 1 atom stereocenters. The molecule has 32 heavy (non-hydrogen) atoms. The molecule has 1 amide bonds. The second-order valence-electron chi connectivity index (χ2n) is 8.25. The zero-order valence-electron chi connectivity index (χ0n) is 18.4. The highest BCUT2D eigenvalue weighted by Crippen LogP contribution is 2.26. The predicted molar refractivity (Wildman–Crippen MR) is 126 cm³/mol. The fourth-order valence-electron chi connectivity index (χ4n) is 4.01. The smallest absolute Gasteiger partial charge is 0.335 e. The van der Waals surface area contributed by atoms with Crippen molar-refractivity contribution in [2.45, 2.75) is 33.4 Å². The molecule has 0 aliphatic rings. The van der Waals surface area contributed by atoms with Crippen molar-refractivity contribution in [3.8, 4) is 0 Å². The van der Waals surface area contributed by atoms with E-state index in [0.717, 1.165) is 22.0 Å². The van der Waals surface area contributed by atoms with Crippen molar-refractivity contribution >= 4 is 22.8 Å². The number of carbonyl (C=O) groups is 2. The van der Waals surface area contributed by atoms with E-state index in [9.17, 15) is 9.59 Å². The minimum Gasteiger partial charge on any atom is -0.478 e. The van der Waals surface area contributed by atoms with Crippen LogP contribution in [0.3, 0.4) is 0 Å². The molecule has 1 heterocycles. The summed E-state index contributed by atoms with van der Waals surface area (Å²) in [6.45, 7) is 6.70. The summed E-state index contributed by atoms with van der Waals surface area (Å²) in [5.74, 6) is -1.13. The second kappa shape index (κ2) is 8.71. The van der Waals surface area contributed by atoms with Gasteiger partial charge in [-0.05, 0) is 55.7 Å². The highest BCUT2D eigenvalue weighted by atomic mass is 16.4. The van der Waals surface area contributed by atoms with Gasteiger partial charge < -0.3 is 15.0 Å². The quantitative estimate of drug-likeness (QED) is 0.428. The lowest BCUT2D eigenvalue weighted by Gasteiger charge is -2.16. The van der Waals surface area contributed by atoms with Gasteiger partial charge in [0.05, 0.1) is 22.7 Å². The van der Waals surface area contributed by atoms with Crippen LogP contribution in [-0.4, -0.2) is 21.6 Å². The van der Waals surface area contributed by atoms with E-state index in [1.54, 1.807) is 24.3 Å². The van der Waals surface area contributed by atoms with Crippen molar-refractivity contribution in [2.24, 2.45) is 0 Å². The van der Waals surface area contributed by atoms with Gasteiger partial charge in [-0.2, -0.15) is 0 Å². The number of nitrogens with zero attached hydrogens (tertiary/aromatic N) is 1. The summed E-state index contributed by atoms with van der Waals surface area (Å²) >= 11 is 0. The summed E-state index contributed by atoms with van der Waals surface area (Å²) in [5, 5.41) is 13.2. The first-order chi connectivity index (χ1) is 15.3. The van der Waals surface area contributed by atoms with Crippen LogP contribution in [0.1, 0.15) is 55.9 Å². The topological polar surface area (TPSA) is 71.3 Å². The number of para-hydroxylation sites is 1. The van der Waals surface area contributed by atoms with E-state index in [2.05, 4.69) is 54.2 Å². The molecule has 4 aromatic rings. The van der Waals surface area contributed by atoms with Crippen LogP contribution >= 0.6 is 0 Å². The first kappa shape index (κ1) is 21.4. The number of fused-ring (bicyclic) bond motifs is 1. The molecule has 162 valence electrons. The largest absolute Gasteiger partial charge is 0.478 e. The highest BCUT2D eigenvalue weighted by molar-refractivity contribution is 6.07. The van der Waals surface area contributed by atoms with Gasteiger partial charge in [0, 0.05) is 18.1 Å². The van der Waals surface area contributed by atoms with Gasteiger partial charge in [-0.15, -0.1) is 0 Å². The Bertz CT molecular complexity index is 1290. The first-order valence-corrected chi connectivity index (χ1v) is 10.6. The van der Waals surface area contributed by atoms with Crippen LogP contribution in [0.5, 0.6) is 0 Å². The lowest BCUT2D eigenvalue weighted by molar-refractivity contribution is 0.0696. The Balaban J connectivity index is 1.63. The normalized spacial score (nSPS) is 12.0. The number of benzene rings is 3. The molecule has 5 nitrogen and oxygen atoms in total. The van der Waals surface area contributed by atoms with Gasteiger partial charge in [0.15, 0.2) is 0 Å². The van der Waals surface area contributed by atoms with Gasteiger partial charge in [-0.3, -0.25) is 4.79 Å². The van der Waals surface area contributed by atoms with Crippen LogP contribution in [-0.2, 0) is 6.54 Å². The highest BCUT2D eigenvalue weighted by Gasteiger charge is 2.18. The molecular weight excluding hydrogens is 400 g/mol. The lowest BCUT2D eigenvalue weighted by atomic mass is 10.0. The van der Waals surface area contributed by atoms with Crippen molar-refractivity contribution < 1.29 is 14.7 Å². The Morgan fingerprint density at radius 2 is 1.66 bits per heavy atom. The molecule has 0 saturated heterocycles. The third-order valence-corrected chi connectivity index (χ3v) is 5.82. The summed E-state index contributed by atoms with van der Waals surface area (Å²) in [7, 11) is 0. The van der Waals surface area contributed by atoms with E-state index in [0.29, 0.717) is 12.1 Å². The second-order valence-corrected chi connectivity index (χ2v) is 8.25. The van der Waals surface area contributed by atoms with Crippen LogP contribution in [0.15, 0.2) is 72.9 Å². The Morgan fingerprint density at radius 3 is 2.31 bits per heavy atom. The van der Waals surface area contributed by atoms with E-state index in [1.165, 1.54) is 11.1 Å². The van der Waals surface area contributed by atoms with Gasteiger partial charge in [0.2, 0.25) is 0 Å². The average Bonchev–Trinajstić information content (AvgIpc) is 3.10. The van der Waals surface area contributed by atoms with Gasteiger partial charge in [0.1, 0.15) is 0 Å². The van der Waals surface area contributed by atoms with Crippen LogP contribution < -0.4 is 5.32 Å². The monoisotopic (exact) mass is 426 g/mol. The van der Waals surface area contributed by atoms with Crippen molar-refractivity contribution in [1.29, 1.82) is 0 Å². The summed E-state index contributed by atoms with van der Waals surface area (Å²) in [6, 6.07) is 20.5. The van der Waals surface area contributed by atoms with E-state index >= 15 is 0 Å². The fraction of sp³-hybridized carbons (Fsp3) is 0.185. The van der Waals surface area contributed by atoms with Crippen molar-refractivity contribution in [1.82, 2.24) is 9.88 Å². The zero-order valence-corrected chi connectivity index (χ0v) is 18.4. The van der Waals surface area contributed by atoms with Gasteiger partial charge in [0.25, 0.3) is 5.91 Å². The molecule has 5 heteroatoms. The number of nitrogens with one attached hydrogen (secondary N) is 1. The minimum absolute atomic E-state index is 0.159. The number of rotatable bonds is 6. The Kier molecular flexibility index (Phi) is 5.82. The molecule has 0 aliphatic carbocycles. The maximum atomic E-state index is 13.3. The van der Waals surface area contributed by atoms with E-state index in [1.807, 2.05) is 25.1 Å². The first-order valence-electron chi connectivity index (χ1n) is 10.6. The molecule has 0 spiro atoms. The summed E-state index contributed by atoms with van der Waals surface area (Å²) in [4.78, 5) is 24.3. The number of hydrogen-bond donors (Lipinski definition) is 2. The molecule has 4 rings (SSSR count). The molecule has 0 radical (unpaired) electrons. The molecule has 2 N–H and O–H groups in total. The maximum Gasteiger partial charge on any atom is 0.335 e. The van der Waals surface area contributed by atoms with E-state index in [4.69, 9.17) is 5.11 Å². The standard InChI is InChI=1S/C27H26N2O3/c1-17-7-9-20(10-8-17)16-29-15-18(2)23-5-4-6-24(25(23)29)26(30)28-19(3)21-11-13-22(14-12-21)27(31)32/h4-15,19H,16H2,1-3H3,(H,28,30)(H,31,32)/t19-/m0/s1. The number of carbonyl (C=O) groups excluding carboxylic acids is 1. The maximum absolute atomic E-state index is 13.3. The molecule has 3 aromatic carbocycles. The molecule has 0 bridgehead atoms. The third-order valence-electron chi connectivity index (χ3n) is 5.82. The Hall–Kier alpha value is -3.86. The number of hydrogen-bond acceptors (Lipinski definition) is 2. The molecule has 1 aromatic heterocycles. The van der Waals surface area contributed by atoms with E-state index < -0.39 is 5.97 Å². The predicted octanol–water partition coefficient (Wildman–Crippen LogP) is 5.50. The molecular formula is C27H26N2O3. The Labute approximate surface area is 187 Å². The fourth-order valence-corrected chi connectivity index (χ4v) is 4.01. The number of carboxylic acids is 1. The number of aryl methyl sites for hydroxylation is 2. The van der Waals surface area contributed by atoms with Gasteiger partial charge >= 0.3 is 5.97 Å². The number of carboxylic acid groups (broad SMARTS) is 1. The number of aromatic carboxylic acids is 1. The summed E-state index contributed by atoms with van der Waals surface area (Å²) in [6.07, 6.45) is 2.09. The van der Waals surface area contributed by atoms with Crippen molar-refractivity contribution in [3.05, 3.63) is 106 Å². The van der Waals surface area contributed by atoms with Crippen LogP contribution in [0.4, 0.5) is 0 Å². The third kappa shape index (κ3) is 4.28. The van der Waals surface area contributed by atoms with E-state index in [-0.39, 0.29) is 17.5 Å². The Morgan fingerprint density at radius 1 is 0.969 bits per heavy atom. The molecule has 0 saturated carbocycles. The summed E-state index contributed by atoms with van der Waals surface area (Å²) in [5.41, 5.74) is 6.12. The number of aromatic nitrogens is 1. The molecule has 0 aliphatic heterocycles. The van der Waals surface area contributed by atoms with Crippen molar-refractivity contribution in [3.63, 3.8) is 0 Å². The molecule has 0 fully saturated rings. The SMILES string of the molecule is Cc1ccc(Cn2cc(C)c3cccc(C(=O)N[C@@H](C)c4ccc(C(=O)O)cc4)c32)cc1. The zero-order chi connectivity index (χ0) is 22.8. The van der Waals surface area contributed by atoms with Crippen LogP contribution in [0.25, 0.3) is 10.9 Å². The summed E-state index contributed by atoms with van der Waals surface area (Å²) < 4.78 is 2.14. The lowest BCUT2D eigenvalue weighted by Crippen LogP contribution is -2.27. The van der Waals surface area contributed by atoms with Crippen LogP contribution in [0, 0.1) is 13.8 Å². The molecule has 0 unspecified atom stereocenters. The van der Waals surface area contributed by atoms with Gasteiger partial charge in [-0.25, -0.2) is 4.79 Å². The minimum atomic E-state index is -0.968. The van der Waals surface area contributed by atoms with Crippen LogP contribution in [0.2, 0.25) is 0 Å².